The first kappa shape index (κ1) is 40.6. The Hall–Kier alpha value is -4.56. The van der Waals surface area contributed by atoms with Crippen LogP contribution in [-0.2, 0) is 20.5 Å². The Morgan fingerprint density at radius 3 is 2.30 bits per heavy atom. The van der Waals surface area contributed by atoms with E-state index in [1.165, 1.54) is 0 Å². The molecule has 3 amide bonds. The topological polar surface area (TPSA) is 132 Å². The van der Waals surface area contributed by atoms with Crippen molar-refractivity contribution in [3.63, 3.8) is 0 Å². The van der Waals surface area contributed by atoms with E-state index in [0.717, 1.165) is 62.0 Å². The highest BCUT2D eigenvalue weighted by Gasteiger charge is 2.44. The number of hydrogen-bond donors (Lipinski definition) is 1. The van der Waals surface area contributed by atoms with Crippen molar-refractivity contribution in [3.8, 4) is 5.75 Å². The molecule has 4 aliphatic heterocycles. The minimum atomic E-state index is -0.520. The van der Waals surface area contributed by atoms with Gasteiger partial charge in [-0.05, 0) is 85.3 Å². The van der Waals surface area contributed by atoms with Gasteiger partial charge in [0.05, 0.1) is 47.6 Å². The lowest BCUT2D eigenvalue weighted by Crippen LogP contribution is -2.59. The maximum atomic E-state index is 14.3. The van der Waals surface area contributed by atoms with Gasteiger partial charge in [0.1, 0.15) is 11.8 Å². The molecule has 3 aromatic carbocycles. The molecule has 2 atom stereocenters. The van der Waals surface area contributed by atoms with Gasteiger partial charge in [0.15, 0.2) is 0 Å². The monoisotopic (exact) mass is 816 g/mol. The Balaban J connectivity index is 1.04. The van der Waals surface area contributed by atoms with Crippen molar-refractivity contribution in [1.82, 2.24) is 24.9 Å². The molecule has 3 aromatic rings. The highest BCUT2D eigenvalue weighted by molar-refractivity contribution is 6.42. The first-order valence-corrected chi connectivity index (χ1v) is 20.5. The van der Waals surface area contributed by atoms with Gasteiger partial charge in [-0.2, -0.15) is 5.11 Å². The van der Waals surface area contributed by atoms with Crippen LogP contribution in [0.3, 0.4) is 0 Å². The standard InChI is InChI=1S/C42H50Cl2N8O5/c1-3-57-38(53)28-50-21-23-51(24-22-50)40(55)46-42(31-7-5-4-6-8-31)15-18-49(19-16-42)17-13-41(32-10-11-34(43)35(44)26-32)14-20-52(29-41)39(54)33-25-30(9-12-37(33)56-2)36-27-45-48-47-36/h4-12,25-27,36H,3,13-24,28-29H2,1-2H3,(H,46,55)/t36-,41?/m0/s1. The third-order valence-electron chi connectivity index (χ3n) is 12.0. The number of nitrogens with zero attached hydrogens (tertiary/aromatic N) is 7. The van der Waals surface area contributed by atoms with Gasteiger partial charge in [-0.25, -0.2) is 4.79 Å². The van der Waals surface area contributed by atoms with Gasteiger partial charge >= 0.3 is 12.0 Å². The Morgan fingerprint density at radius 1 is 0.842 bits per heavy atom. The van der Waals surface area contributed by atoms with E-state index in [1.807, 2.05) is 63.2 Å². The number of rotatable bonds is 12. The summed E-state index contributed by atoms with van der Waals surface area (Å²) in [5.41, 5.74) is 2.57. The molecule has 13 nitrogen and oxygen atoms in total. The lowest BCUT2D eigenvalue weighted by atomic mass is 9.76. The van der Waals surface area contributed by atoms with Crippen LogP contribution in [0.15, 0.2) is 82.2 Å². The second kappa shape index (κ2) is 17.9. The average Bonchev–Trinajstić information content (AvgIpc) is 3.94. The van der Waals surface area contributed by atoms with E-state index in [0.29, 0.717) is 67.2 Å². The fourth-order valence-corrected chi connectivity index (χ4v) is 8.92. The number of likely N-dealkylation sites (tertiary alicyclic amines) is 2. The van der Waals surface area contributed by atoms with Gasteiger partial charge in [0.2, 0.25) is 0 Å². The Bertz CT molecular complexity index is 1970. The summed E-state index contributed by atoms with van der Waals surface area (Å²) in [6.45, 7) is 8.15. The van der Waals surface area contributed by atoms with Crippen LogP contribution in [0.5, 0.6) is 5.75 Å². The third-order valence-corrected chi connectivity index (χ3v) is 12.7. The molecule has 57 heavy (non-hydrogen) atoms. The molecule has 3 saturated heterocycles. The summed E-state index contributed by atoms with van der Waals surface area (Å²) in [6.07, 6.45) is 4.70. The summed E-state index contributed by atoms with van der Waals surface area (Å²) in [5, 5.41) is 16.2. The number of ether oxygens (including phenoxy) is 2. The van der Waals surface area contributed by atoms with Crippen molar-refractivity contribution in [2.75, 3.05) is 79.2 Å². The molecule has 0 aromatic heterocycles. The first-order valence-electron chi connectivity index (χ1n) is 19.7. The maximum absolute atomic E-state index is 14.3. The van der Waals surface area contributed by atoms with Crippen LogP contribution >= 0.6 is 23.2 Å². The van der Waals surface area contributed by atoms with Gasteiger partial charge in [-0.3, -0.25) is 14.5 Å². The highest BCUT2D eigenvalue weighted by Crippen LogP contribution is 2.42. The second-order valence-electron chi connectivity index (χ2n) is 15.3. The summed E-state index contributed by atoms with van der Waals surface area (Å²) in [7, 11) is 1.57. The fourth-order valence-electron chi connectivity index (χ4n) is 8.62. The van der Waals surface area contributed by atoms with Gasteiger partial charge in [0.25, 0.3) is 5.91 Å². The average molecular weight is 818 g/mol. The lowest BCUT2D eigenvalue weighted by Gasteiger charge is -2.45. The Labute approximate surface area is 344 Å². The number of hydrogen-bond acceptors (Lipinski definition) is 10. The van der Waals surface area contributed by atoms with Gasteiger partial charge in [-0.1, -0.05) is 65.7 Å². The fraction of sp³-hybridized carbons (Fsp3) is 0.476. The number of carbonyl (C=O) groups excluding carboxylic acids is 3. The van der Waals surface area contributed by atoms with E-state index < -0.39 is 5.54 Å². The van der Waals surface area contributed by atoms with E-state index in [9.17, 15) is 14.4 Å². The van der Waals surface area contributed by atoms with Gasteiger partial charge < -0.3 is 29.5 Å². The van der Waals surface area contributed by atoms with Crippen molar-refractivity contribution in [2.45, 2.75) is 49.6 Å². The van der Waals surface area contributed by atoms with E-state index in [4.69, 9.17) is 32.7 Å². The molecule has 0 spiro atoms. The van der Waals surface area contributed by atoms with E-state index >= 15 is 0 Å². The molecule has 0 aliphatic carbocycles. The number of esters is 1. The molecule has 0 saturated carbocycles. The van der Waals surface area contributed by atoms with Crippen molar-refractivity contribution >= 4 is 47.3 Å². The third kappa shape index (κ3) is 9.12. The van der Waals surface area contributed by atoms with Crippen LogP contribution in [0, 0.1) is 0 Å². The van der Waals surface area contributed by atoms with Crippen LogP contribution in [0.2, 0.25) is 10.0 Å². The number of piperazine rings is 1. The summed E-state index contributed by atoms with van der Waals surface area (Å²) < 4.78 is 10.8. The SMILES string of the molecule is CCOC(=O)CN1CCN(C(=O)NC2(c3ccccc3)CCN(CCC3(c4ccc(Cl)c(Cl)c4)CCN(C(=O)c4cc([C@@H]5C=NN=N5)ccc4OC)C3)CC2)CC1. The predicted octanol–water partition coefficient (Wildman–Crippen LogP) is 6.55. The molecule has 7 rings (SSSR count). The van der Waals surface area contributed by atoms with Crippen LogP contribution in [-0.4, -0.2) is 123 Å². The summed E-state index contributed by atoms with van der Waals surface area (Å²) in [5.74, 6) is 0.156. The van der Waals surface area contributed by atoms with E-state index in [1.54, 1.807) is 26.3 Å². The van der Waals surface area contributed by atoms with Crippen molar-refractivity contribution in [1.29, 1.82) is 0 Å². The molecule has 1 unspecified atom stereocenters. The molecule has 4 heterocycles. The normalized spacial score (nSPS) is 22.1. The molecular weight excluding hydrogens is 767 g/mol. The maximum Gasteiger partial charge on any atom is 0.320 e. The molecule has 3 fully saturated rings. The number of nitrogens with one attached hydrogen (secondary N) is 1. The number of benzene rings is 3. The molecule has 1 N–H and O–H groups in total. The Kier molecular flexibility index (Phi) is 12.8. The number of amides is 3. The predicted molar refractivity (Wildman–Crippen MR) is 219 cm³/mol. The first-order chi connectivity index (χ1) is 27.6. The Morgan fingerprint density at radius 2 is 1.61 bits per heavy atom. The minimum absolute atomic E-state index is 0.0830. The molecular formula is C42H50Cl2N8O5. The van der Waals surface area contributed by atoms with Crippen molar-refractivity contribution in [3.05, 3.63) is 99.0 Å². The molecule has 4 aliphatic rings. The zero-order chi connectivity index (χ0) is 40.0. The van der Waals surface area contributed by atoms with Crippen LogP contribution < -0.4 is 10.1 Å². The van der Waals surface area contributed by atoms with Crippen LogP contribution in [0.4, 0.5) is 4.79 Å². The number of halogens is 2. The number of urea groups is 1. The van der Waals surface area contributed by atoms with E-state index in [2.05, 4.69) is 37.8 Å². The lowest BCUT2D eigenvalue weighted by molar-refractivity contribution is -0.144. The molecule has 302 valence electrons. The zero-order valence-corrected chi connectivity index (χ0v) is 34.1. The molecule has 0 bridgehead atoms. The largest absolute Gasteiger partial charge is 0.496 e. The van der Waals surface area contributed by atoms with Gasteiger partial charge in [0, 0.05) is 57.8 Å². The second-order valence-corrected chi connectivity index (χ2v) is 16.1. The highest BCUT2D eigenvalue weighted by atomic mass is 35.5. The number of carbonyl (C=O) groups is 3. The zero-order valence-electron chi connectivity index (χ0n) is 32.5. The molecule has 0 radical (unpaired) electrons. The van der Waals surface area contributed by atoms with E-state index in [-0.39, 0.29) is 35.9 Å². The smallest absolute Gasteiger partial charge is 0.320 e. The van der Waals surface area contributed by atoms with Crippen molar-refractivity contribution < 1.29 is 23.9 Å². The summed E-state index contributed by atoms with van der Waals surface area (Å²) in [4.78, 5) is 48.4. The van der Waals surface area contributed by atoms with Gasteiger partial charge in [-0.15, -0.1) is 5.10 Å². The van der Waals surface area contributed by atoms with Crippen LogP contribution in [0.25, 0.3) is 0 Å². The summed E-state index contributed by atoms with van der Waals surface area (Å²) >= 11 is 13.0. The van der Waals surface area contributed by atoms with Crippen molar-refractivity contribution in [2.24, 2.45) is 15.4 Å². The minimum Gasteiger partial charge on any atom is -0.496 e. The molecule has 15 heteroatoms. The van der Waals surface area contributed by atoms with Crippen LogP contribution in [0.1, 0.15) is 65.7 Å². The summed E-state index contributed by atoms with van der Waals surface area (Å²) in [6, 6.07) is 21.2. The number of piperidine rings is 1. The number of methoxy groups -OCH3 is 1. The quantitative estimate of drug-likeness (QED) is 0.205.